The third-order valence-corrected chi connectivity index (χ3v) is 6.99. The van der Waals surface area contributed by atoms with Crippen molar-refractivity contribution >= 4 is 9.84 Å². The third kappa shape index (κ3) is 3.78. The standard InChI is InChI=1S/C18H28N2O2S/c1-4-23(21,22)18-9-5-15(6-10-18)14(3)19-16-11-13(2)20(12-16)17-7-8-17/h5-6,9-10,13-14,16-17,19H,4,7-8,11-12H2,1-3H3/t13-,14-,16+/m0/s1. The Morgan fingerprint density at radius 2 is 1.91 bits per heavy atom. The van der Waals surface area contributed by atoms with Gasteiger partial charge in [0.15, 0.2) is 9.84 Å². The number of benzene rings is 1. The lowest BCUT2D eigenvalue weighted by molar-refractivity contribution is 0.254. The normalized spacial score (nSPS) is 27.3. The van der Waals surface area contributed by atoms with Gasteiger partial charge < -0.3 is 5.32 Å². The first kappa shape index (κ1) is 16.9. The Morgan fingerprint density at radius 3 is 2.48 bits per heavy atom. The molecule has 2 fully saturated rings. The van der Waals surface area contributed by atoms with Crippen molar-refractivity contribution < 1.29 is 8.42 Å². The van der Waals surface area contributed by atoms with E-state index in [1.54, 1.807) is 19.1 Å². The van der Waals surface area contributed by atoms with Gasteiger partial charge in [-0.3, -0.25) is 4.90 Å². The van der Waals surface area contributed by atoms with Gasteiger partial charge in [-0.25, -0.2) is 8.42 Å². The first-order chi connectivity index (χ1) is 10.9. The van der Waals surface area contributed by atoms with Crippen LogP contribution < -0.4 is 5.32 Å². The monoisotopic (exact) mass is 336 g/mol. The molecule has 0 unspecified atom stereocenters. The maximum absolute atomic E-state index is 11.9. The summed E-state index contributed by atoms with van der Waals surface area (Å²) in [6.07, 6.45) is 3.92. The number of hydrogen-bond acceptors (Lipinski definition) is 4. The fourth-order valence-corrected chi connectivity index (χ4v) is 4.56. The second kappa shape index (κ2) is 6.54. The minimum Gasteiger partial charge on any atom is -0.306 e. The summed E-state index contributed by atoms with van der Waals surface area (Å²) in [5.74, 6) is 0.150. The maximum atomic E-state index is 11.9. The van der Waals surface area contributed by atoms with Crippen LogP contribution in [0.2, 0.25) is 0 Å². The fourth-order valence-electron chi connectivity index (χ4n) is 3.67. The number of nitrogens with one attached hydrogen (secondary N) is 1. The molecule has 0 bridgehead atoms. The Balaban J connectivity index is 1.61. The maximum Gasteiger partial charge on any atom is 0.178 e. The zero-order valence-electron chi connectivity index (χ0n) is 14.3. The van der Waals surface area contributed by atoms with Crippen molar-refractivity contribution in [2.75, 3.05) is 12.3 Å². The number of likely N-dealkylation sites (tertiary alicyclic amines) is 1. The number of rotatable bonds is 6. The second-order valence-electron chi connectivity index (χ2n) is 7.07. The second-order valence-corrected chi connectivity index (χ2v) is 9.35. The lowest BCUT2D eigenvalue weighted by atomic mass is 10.1. The van der Waals surface area contributed by atoms with Crippen LogP contribution in [0.5, 0.6) is 0 Å². The molecule has 1 saturated carbocycles. The predicted octanol–water partition coefficient (Wildman–Crippen LogP) is 2.76. The van der Waals surface area contributed by atoms with E-state index < -0.39 is 9.84 Å². The largest absolute Gasteiger partial charge is 0.306 e. The van der Waals surface area contributed by atoms with Gasteiger partial charge in [-0.1, -0.05) is 19.1 Å². The summed E-state index contributed by atoms with van der Waals surface area (Å²) in [7, 11) is -3.11. The zero-order valence-corrected chi connectivity index (χ0v) is 15.1. The van der Waals surface area contributed by atoms with Crippen LogP contribution in [-0.4, -0.2) is 43.7 Å². The van der Waals surface area contributed by atoms with Crippen LogP contribution in [0.15, 0.2) is 29.2 Å². The van der Waals surface area contributed by atoms with Gasteiger partial charge >= 0.3 is 0 Å². The minimum atomic E-state index is -3.11. The van der Waals surface area contributed by atoms with Crippen LogP contribution in [0.3, 0.4) is 0 Å². The average Bonchev–Trinajstić information content (AvgIpc) is 3.31. The van der Waals surface area contributed by atoms with Gasteiger partial charge in [0.2, 0.25) is 0 Å². The molecule has 0 radical (unpaired) electrons. The molecule has 0 amide bonds. The van der Waals surface area contributed by atoms with Crippen molar-refractivity contribution in [1.82, 2.24) is 10.2 Å². The lowest BCUT2D eigenvalue weighted by Gasteiger charge is -2.21. The van der Waals surface area contributed by atoms with Gasteiger partial charge in [0.1, 0.15) is 0 Å². The molecule has 0 spiro atoms. The Hall–Kier alpha value is -0.910. The van der Waals surface area contributed by atoms with Crippen LogP contribution in [0, 0.1) is 0 Å². The molecule has 4 nitrogen and oxygen atoms in total. The van der Waals surface area contributed by atoms with Crippen molar-refractivity contribution in [1.29, 1.82) is 0 Å². The van der Waals surface area contributed by atoms with Crippen molar-refractivity contribution in [3.05, 3.63) is 29.8 Å². The van der Waals surface area contributed by atoms with E-state index >= 15 is 0 Å². The summed E-state index contributed by atoms with van der Waals surface area (Å²) in [6, 6.07) is 9.62. The molecule has 1 aromatic carbocycles. The van der Waals surface area contributed by atoms with Crippen molar-refractivity contribution in [2.45, 2.75) is 69.1 Å². The summed E-state index contributed by atoms with van der Waals surface area (Å²) in [5, 5.41) is 3.72. The van der Waals surface area contributed by atoms with E-state index in [4.69, 9.17) is 0 Å². The van der Waals surface area contributed by atoms with Gasteiger partial charge in [0.25, 0.3) is 0 Å². The molecular weight excluding hydrogens is 308 g/mol. The van der Waals surface area contributed by atoms with E-state index in [1.807, 2.05) is 12.1 Å². The molecule has 0 aromatic heterocycles. The molecule has 1 aliphatic carbocycles. The highest BCUT2D eigenvalue weighted by Gasteiger charge is 2.38. The number of sulfone groups is 1. The molecule has 128 valence electrons. The van der Waals surface area contributed by atoms with Gasteiger partial charge in [-0.2, -0.15) is 0 Å². The summed E-state index contributed by atoms with van der Waals surface area (Å²) >= 11 is 0. The van der Waals surface area contributed by atoms with Crippen LogP contribution >= 0.6 is 0 Å². The van der Waals surface area contributed by atoms with E-state index in [0.717, 1.165) is 18.2 Å². The quantitative estimate of drug-likeness (QED) is 0.868. The van der Waals surface area contributed by atoms with E-state index in [-0.39, 0.29) is 11.8 Å². The highest BCUT2D eigenvalue weighted by Crippen LogP contribution is 2.33. The smallest absolute Gasteiger partial charge is 0.178 e. The van der Waals surface area contributed by atoms with E-state index in [1.165, 1.54) is 19.3 Å². The molecule has 2 aliphatic rings. The van der Waals surface area contributed by atoms with Crippen molar-refractivity contribution in [3.63, 3.8) is 0 Å². The Bertz CT molecular complexity index is 637. The summed E-state index contributed by atoms with van der Waals surface area (Å²) < 4.78 is 23.8. The molecule has 1 aromatic rings. The van der Waals surface area contributed by atoms with E-state index in [0.29, 0.717) is 17.0 Å². The van der Waals surface area contributed by atoms with Gasteiger partial charge in [-0.15, -0.1) is 0 Å². The predicted molar refractivity (Wildman–Crippen MR) is 93.3 cm³/mol. The molecule has 1 N–H and O–H groups in total. The highest BCUT2D eigenvalue weighted by molar-refractivity contribution is 7.91. The topological polar surface area (TPSA) is 49.4 Å². The molecule has 23 heavy (non-hydrogen) atoms. The first-order valence-electron chi connectivity index (χ1n) is 8.75. The molecule has 1 aliphatic heterocycles. The van der Waals surface area contributed by atoms with Crippen LogP contribution in [-0.2, 0) is 9.84 Å². The molecule has 3 rings (SSSR count). The van der Waals surface area contributed by atoms with Crippen LogP contribution in [0.1, 0.15) is 51.6 Å². The highest BCUT2D eigenvalue weighted by atomic mass is 32.2. The van der Waals surface area contributed by atoms with E-state index in [9.17, 15) is 8.42 Å². The molecule has 5 heteroatoms. The summed E-state index contributed by atoms with van der Waals surface area (Å²) in [4.78, 5) is 3.06. The van der Waals surface area contributed by atoms with E-state index in [2.05, 4.69) is 24.1 Å². The Labute approximate surface area is 140 Å². The van der Waals surface area contributed by atoms with Gasteiger partial charge in [0.05, 0.1) is 10.6 Å². The van der Waals surface area contributed by atoms with Crippen LogP contribution in [0.4, 0.5) is 0 Å². The summed E-state index contributed by atoms with van der Waals surface area (Å²) in [5.41, 5.74) is 1.15. The van der Waals surface area contributed by atoms with Crippen molar-refractivity contribution in [3.8, 4) is 0 Å². The average molecular weight is 337 g/mol. The SMILES string of the molecule is CCS(=O)(=O)c1ccc([C@H](C)N[C@@H]2C[C@H](C)N(C3CC3)C2)cc1. The molecule has 1 heterocycles. The summed E-state index contributed by atoms with van der Waals surface area (Å²) in [6.45, 7) is 7.31. The zero-order chi connectivity index (χ0) is 16.6. The van der Waals surface area contributed by atoms with Gasteiger partial charge in [-0.05, 0) is 50.8 Å². The number of nitrogens with zero attached hydrogens (tertiary/aromatic N) is 1. The Morgan fingerprint density at radius 1 is 1.26 bits per heavy atom. The van der Waals surface area contributed by atoms with Crippen LogP contribution in [0.25, 0.3) is 0 Å². The van der Waals surface area contributed by atoms with Gasteiger partial charge in [0, 0.05) is 30.7 Å². The number of hydrogen-bond donors (Lipinski definition) is 1. The third-order valence-electron chi connectivity index (χ3n) is 5.24. The molecule has 1 saturated heterocycles. The minimum absolute atomic E-state index is 0.150. The fraction of sp³-hybridized carbons (Fsp3) is 0.667. The lowest BCUT2D eigenvalue weighted by Crippen LogP contribution is -2.35. The Kier molecular flexibility index (Phi) is 4.81. The first-order valence-corrected chi connectivity index (χ1v) is 10.4. The molecule has 3 atom stereocenters. The van der Waals surface area contributed by atoms with Crippen molar-refractivity contribution in [2.24, 2.45) is 0 Å². The molecular formula is C18H28N2O2S.